The van der Waals surface area contributed by atoms with Crippen molar-refractivity contribution < 1.29 is 38.5 Å². The zero-order chi connectivity index (χ0) is 42.7. The number of nitrogens with zero attached hydrogens (tertiary/aromatic N) is 3. The van der Waals surface area contributed by atoms with Crippen molar-refractivity contribution in [2.24, 2.45) is 23.7 Å². The fraction of sp³-hybridized carbons (Fsp3) is 0.362. The molecule has 61 heavy (non-hydrogen) atoms. The van der Waals surface area contributed by atoms with Crippen molar-refractivity contribution in [2.45, 2.75) is 49.6 Å². The maximum Gasteiger partial charge on any atom is 0.260 e. The molecule has 0 spiro atoms. The average molecular weight is 866 g/mol. The number of hydrogen-bond acceptors (Lipinski definition) is 10. The molecule has 6 atom stereocenters. The molecular formula is C47H46Cl2N4O8. The third kappa shape index (κ3) is 6.61. The third-order valence-corrected chi connectivity index (χ3v) is 14.2. The van der Waals surface area contributed by atoms with Gasteiger partial charge in [0.15, 0.2) is 0 Å². The molecular weight excluding hydrogens is 819 g/mol. The number of ether oxygens (including phenoxy) is 3. The molecule has 2 N–H and O–H groups in total. The molecule has 6 unspecified atom stereocenters. The molecule has 0 bridgehead atoms. The van der Waals surface area contributed by atoms with Crippen molar-refractivity contribution in [3.63, 3.8) is 0 Å². The Balaban J connectivity index is 1.16. The molecule has 4 fully saturated rings. The standard InChI is InChI=1S/C47H46Cl2N4O8/c1-59-30-12-9-27(10-13-30)47-35(44(56)53(46(47)58)50-37-16-11-28(48)21-36(37)49)24-34-32(42(47)41-38(54)22-31(60-2)23-39(41)61-3)14-15-33-40(34)45(57)52(43(33)55)29-17-19-51(20-18-29)25-26-7-5-4-6-8-26/h4-14,16,21-23,29,33-35,40,42,50,54H,15,17-20,24-25H2,1-3H3. The quantitative estimate of drug-likeness (QED) is 0.123. The SMILES string of the molecule is COc1ccc(C23C(=O)N(Nc4ccc(Cl)cc4Cl)C(=O)C2CC2C(=CCC4C(=O)N(C5CCN(Cc6ccccc6)CC5)C(=O)C42)C3c2c(O)cc(OC)cc2OC)cc1. The highest BCUT2D eigenvalue weighted by Gasteiger charge is 2.71. The summed E-state index contributed by atoms with van der Waals surface area (Å²) in [6, 6.07) is 24.7. The highest BCUT2D eigenvalue weighted by molar-refractivity contribution is 6.36. The van der Waals surface area contributed by atoms with Crippen LogP contribution in [0.4, 0.5) is 5.69 Å². The summed E-state index contributed by atoms with van der Waals surface area (Å²) in [4.78, 5) is 64.2. The Bertz CT molecular complexity index is 2440. The monoisotopic (exact) mass is 864 g/mol. The molecule has 4 aromatic carbocycles. The number of nitrogens with one attached hydrogen (secondary N) is 1. The van der Waals surface area contributed by atoms with Gasteiger partial charge in [-0.3, -0.25) is 34.4 Å². The summed E-state index contributed by atoms with van der Waals surface area (Å²) in [6.45, 7) is 2.27. The normalized spacial score (nSPS) is 26.4. The molecule has 2 aliphatic carbocycles. The highest BCUT2D eigenvalue weighted by atomic mass is 35.5. The Labute approximate surface area is 363 Å². The molecule has 3 heterocycles. The van der Waals surface area contributed by atoms with E-state index in [1.54, 1.807) is 42.5 Å². The van der Waals surface area contributed by atoms with Crippen molar-refractivity contribution in [3.8, 4) is 23.0 Å². The van der Waals surface area contributed by atoms with E-state index in [4.69, 9.17) is 37.4 Å². The number of likely N-dealkylation sites (tertiary alicyclic amines) is 2. The van der Waals surface area contributed by atoms with Gasteiger partial charge >= 0.3 is 0 Å². The van der Waals surface area contributed by atoms with Crippen molar-refractivity contribution in [3.05, 3.63) is 123 Å². The Morgan fingerprint density at radius 1 is 0.803 bits per heavy atom. The van der Waals surface area contributed by atoms with Gasteiger partial charge in [0.25, 0.3) is 11.8 Å². The minimum atomic E-state index is -1.69. The minimum Gasteiger partial charge on any atom is -0.507 e. The number of phenolic OH excluding ortho intramolecular Hbond substituents is 1. The lowest BCUT2D eigenvalue weighted by Gasteiger charge is -2.50. The zero-order valence-electron chi connectivity index (χ0n) is 34.0. The van der Waals surface area contributed by atoms with Crippen LogP contribution < -0.4 is 19.6 Å². The predicted molar refractivity (Wildman–Crippen MR) is 228 cm³/mol. The van der Waals surface area contributed by atoms with Crippen LogP contribution in [-0.2, 0) is 31.1 Å². The first-order valence-electron chi connectivity index (χ1n) is 20.5. The number of methoxy groups -OCH3 is 3. The number of aromatic hydroxyl groups is 1. The largest absolute Gasteiger partial charge is 0.507 e. The maximum atomic E-state index is 15.7. The molecule has 5 aliphatic rings. The van der Waals surface area contributed by atoms with E-state index in [2.05, 4.69) is 22.5 Å². The summed E-state index contributed by atoms with van der Waals surface area (Å²) >= 11 is 12.8. The van der Waals surface area contributed by atoms with Crippen LogP contribution in [0.2, 0.25) is 10.0 Å². The van der Waals surface area contributed by atoms with Crippen molar-refractivity contribution in [1.29, 1.82) is 0 Å². The number of amides is 4. The number of allylic oxidation sites excluding steroid dienone is 2. The Hall–Kier alpha value is -5.56. The Kier molecular flexibility index (Phi) is 10.7. The number of imide groups is 2. The van der Waals surface area contributed by atoms with Crippen molar-refractivity contribution >= 4 is 52.5 Å². The number of rotatable bonds is 10. The lowest BCUT2D eigenvalue weighted by molar-refractivity contribution is -0.144. The second kappa shape index (κ2) is 16.0. The van der Waals surface area contributed by atoms with Crippen LogP contribution in [0.3, 0.4) is 0 Å². The van der Waals surface area contributed by atoms with Gasteiger partial charge in [-0.1, -0.05) is 77.3 Å². The van der Waals surface area contributed by atoms with E-state index < -0.39 is 46.8 Å². The number of anilines is 1. The minimum absolute atomic E-state index is 0.0776. The molecule has 1 saturated carbocycles. The first-order chi connectivity index (χ1) is 29.5. The predicted octanol–water partition coefficient (Wildman–Crippen LogP) is 7.37. The van der Waals surface area contributed by atoms with Crippen LogP contribution in [0.1, 0.15) is 48.3 Å². The number of hydrazine groups is 1. The van der Waals surface area contributed by atoms with E-state index in [9.17, 15) is 14.7 Å². The zero-order valence-corrected chi connectivity index (χ0v) is 35.5. The van der Waals surface area contributed by atoms with E-state index in [0.717, 1.165) is 24.6 Å². The number of benzene rings is 4. The Morgan fingerprint density at radius 3 is 2.20 bits per heavy atom. The number of phenols is 1. The molecule has 3 saturated heterocycles. The molecule has 3 aliphatic heterocycles. The smallest absolute Gasteiger partial charge is 0.260 e. The van der Waals surface area contributed by atoms with Crippen LogP contribution in [0, 0.1) is 23.7 Å². The second-order valence-electron chi connectivity index (χ2n) is 16.5. The summed E-state index contributed by atoms with van der Waals surface area (Å²) in [5.74, 6) is -4.94. The number of halogens is 2. The van der Waals surface area contributed by atoms with E-state index in [1.807, 2.05) is 24.3 Å². The number of fused-ring (bicyclic) bond motifs is 4. The fourth-order valence-corrected chi connectivity index (χ4v) is 11.3. The van der Waals surface area contributed by atoms with E-state index >= 15 is 9.59 Å². The van der Waals surface area contributed by atoms with E-state index in [0.29, 0.717) is 40.5 Å². The van der Waals surface area contributed by atoms with Crippen LogP contribution in [0.5, 0.6) is 23.0 Å². The highest BCUT2D eigenvalue weighted by Crippen LogP contribution is 2.66. The summed E-state index contributed by atoms with van der Waals surface area (Å²) in [7, 11) is 4.47. The summed E-state index contributed by atoms with van der Waals surface area (Å²) in [5.41, 5.74) is 4.22. The number of carbonyl (C=O) groups excluding carboxylic acids is 4. The van der Waals surface area contributed by atoms with Gasteiger partial charge < -0.3 is 19.3 Å². The van der Waals surface area contributed by atoms with Gasteiger partial charge in [0.1, 0.15) is 23.0 Å². The molecule has 316 valence electrons. The van der Waals surface area contributed by atoms with Crippen LogP contribution in [-0.4, -0.2) is 84.0 Å². The van der Waals surface area contributed by atoms with Gasteiger partial charge in [0.2, 0.25) is 11.8 Å². The maximum absolute atomic E-state index is 15.7. The number of piperidine rings is 1. The molecule has 9 rings (SSSR count). The summed E-state index contributed by atoms with van der Waals surface area (Å²) < 4.78 is 17.0. The second-order valence-corrected chi connectivity index (χ2v) is 17.4. The van der Waals surface area contributed by atoms with Gasteiger partial charge in [-0.05, 0) is 73.1 Å². The van der Waals surface area contributed by atoms with Gasteiger partial charge in [-0.2, -0.15) is 5.01 Å². The van der Waals surface area contributed by atoms with Crippen molar-refractivity contribution in [1.82, 2.24) is 14.8 Å². The first-order valence-corrected chi connectivity index (χ1v) is 21.3. The van der Waals surface area contributed by atoms with Gasteiger partial charge in [-0.15, -0.1) is 0 Å². The third-order valence-electron chi connectivity index (χ3n) is 13.6. The van der Waals surface area contributed by atoms with Gasteiger partial charge in [-0.25, -0.2) is 0 Å². The van der Waals surface area contributed by atoms with E-state index in [-0.39, 0.29) is 58.5 Å². The number of carbonyl (C=O) groups is 4. The average Bonchev–Trinajstić information content (AvgIpc) is 3.65. The van der Waals surface area contributed by atoms with Crippen molar-refractivity contribution in [2.75, 3.05) is 39.8 Å². The topological polar surface area (TPSA) is 138 Å². The van der Waals surface area contributed by atoms with Crippen LogP contribution >= 0.6 is 23.2 Å². The van der Waals surface area contributed by atoms with Crippen LogP contribution in [0.15, 0.2) is 96.6 Å². The summed E-state index contributed by atoms with van der Waals surface area (Å²) in [5, 5.41) is 13.6. The number of hydrogen-bond donors (Lipinski definition) is 2. The fourth-order valence-electron chi connectivity index (χ4n) is 10.9. The Morgan fingerprint density at radius 2 is 1.52 bits per heavy atom. The van der Waals surface area contributed by atoms with Crippen LogP contribution in [0.25, 0.3) is 0 Å². The molecule has 0 aromatic heterocycles. The van der Waals surface area contributed by atoms with Gasteiger partial charge in [0, 0.05) is 54.3 Å². The van der Waals surface area contributed by atoms with Gasteiger partial charge in [0.05, 0.1) is 55.2 Å². The molecule has 4 aromatic rings. The summed E-state index contributed by atoms with van der Waals surface area (Å²) in [6.07, 6.45) is 3.58. The molecule has 12 nitrogen and oxygen atoms in total. The first kappa shape index (κ1) is 40.8. The van der Waals surface area contributed by atoms with E-state index in [1.165, 1.54) is 43.9 Å². The molecule has 4 amide bonds. The lowest BCUT2D eigenvalue weighted by Crippen LogP contribution is -2.53. The molecule has 0 radical (unpaired) electrons. The lowest BCUT2D eigenvalue weighted by atomic mass is 9.49. The molecule has 14 heteroatoms.